The molecule has 0 spiro atoms. The van der Waals surface area contributed by atoms with Gasteiger partial charge in [-0.05, 0) is 33.0 Å². The monoisotopic (exact) mass is 347 g/mol. The molecule has 1 amide bonds. The number of fused-ring (bicyclic) bond motifs is 1. The third-order valence-corrected chi connectivity index (χ3v) is 5.21. The predicted molar refractivity (Wildman–Crippen MR) is 96.7 cm³/mol. The van der Waals surface area contributed by atoms with Crippen molar-refractivity contribution in [2.75, 3.05) is 52.3 Å². The Labute approximate surface area is 149 Å². The number of carbonyl (C=O) groups is 1. The molecule has 25 heavy (non-hydrogen) atoms. The van der Waals surface area contributed by atoms with E-state index in [0.29, 0.717) is 25.6 Å². The van der Waals surface area contributed by atoms with Crippen molar-refractivity contribution in [3.63, 3.8) is 0 Å². The summed E-state index contributed by atoms with van der Waals surface area (Å²) in [6, 6.07) is 0. The van der Waals surface area contributed by atoms with E-state index in [2.05, 4.69) is 17.3 Å². The van der Waals surface area contributed by atoms with Gasteiger partial charge in [0.25, 0.3) is 0 Å². The molecule has 0 aromatic carbocycles. The zero-order valence-corrected chi connectivity index (χ0v) is 15.5. The molecule has 1 N–H and O–H groups in total. The Morgan fingerprint density at radius 1 is 1.28 bits per heavy atom. The van der Waals surface area contributed by atoms with Crippen LogP contribution >= 0.6 is 0 Å². The summed E-state index contributed by atoms with van der Waals surface area (Å²) in [5.74, 6) is 2.37. The first-order chi connectivity index (χ1) is 12.1. The molecule has 0 radical (unpaired) electrons. The Hall–Kier alpha value is -1.73. The van der Waals surface area contributed by atoms with Gasteiger partial charge in [-0.25, -0.2) is 9.97 Å². The number of rotatable bonds is 5. The average molecular weight is 347 g/mol. The molecule has 0 unspecified atom stereocenters. The fraction of sp³-hybridized carbons (Fsp3) is 0.722. The van der Waals surface area contributed by atoms with Gasteiger partial charge < -0.3 is 19.9 Å². The van der Waals surface area contributed by atoms with Crippen LogP contribution in [0.5, 0.6) is 0 Å². The van der Waals surface area contributed by atoms with Crippen LogP contribution < -0.4 is 5.32 Å². The second-order valence-corrected chi connectivity index (χ2v) is 7.04. The number of piperidine rings is 1. The number of carbonyl (C=O) groups excluding carboxylic acids is 1. The Morgan fingerprint density at radius 3 is 2.72 bits per heavy atom. The maximum Gasteiger partial charge on any atom is 0.219 e. The SMILES string of the molecule is COCCNc1nc(C2CCN(C)CC2)nc2c1CN(C(C)=O)CC2. The van der Waals surface area contributed by atoms with Crippen LogP contribution in [0.15, 0.2) is 0 Å². The van der Waals surface area contributed by atoms with Crippen LogP contribution in [0, 0.1) is 0 Å². The highest BCUT2D eigenvalue weighted by Crippen LogP contribution is 2.30. The molecule has 0 aliphatic carbocycles. The highest BCUT2D eigenvalue weighted by Gasteiger charge is 2.27. The number of anilines is 1. The van der Waals surface area contributed by atoms with Gasteiger partial charge in [-0.2, -0.15) is 0 Å². The standard InChI is InChI=1S/C18H29N5O2/c1-13(24)23-10-6-16-15(12-23)18(19-7-11-25-3)21-17(20-16)14-4-8-22(2)9-5-14/h14H,4-12H2,1-3H3,(H,19,20,21). The Bertz CT molecular complexity index is 614. The lowest BCUT2D eigenvalue weighted by Gasteiger charge is -2.31. The van der Waals surface area contributed by atoms with Gasteiger partial charge in [-0.3, -0.25) is 4.79 Å². The molecule has 3 rings (SSSR count). The number of hydrogen-bond acceptors (Lipinski definition) is 6. The summed E-state index contributed by atoms with van der Waals surface area (Å²) in [7, 11) is 3.86. The van der Waals surface area contributed by atoms with Gasteiger partial charge in [0, 0.05) is 45.0 Å². The molecule has 0 saturated carbocycles. The maximum atomic E-state index is 11.8. The lowest BCUT2D eigenvalue weighted by Crippen LogP contribution is -2.36. The number of amides is 1. The summed E-state index contributed by atoms with van der Waals surface area (Å²) in [6.07, 6.45) is 3.01. The fourth-order valence-corrected chi connectivity index (χ4v) is 3.57. The summed E-state index contributed by atoms with van der Waals surface area (Å²) < 4.78 is 5.15. The number of aromatic nitrogens is 2. The minimum absolute atomic E-state index is 0.105. The van der Waals surface area contributed by atoms with Gasteiger partial charge >= 0.3 is 0 Å². The second-order valence-electron chi connectivity index (χ2n) is 7.04. The van der Waals surface area contributed by atoms with Crippen LogP contribution in [0.1, 0.15) is 42.8 Å². The summed E-state index contributed by atoms with van der Waals surface area (Å²) in [5.41, 5.74) is 2.16. The highest BCUT2D eigenvalue weighted by molar-refractivity contribution is 5.74. The molecule has 7 nitrogen and oxygen atoms in total. The number of hydrogen-bond donors (Lipinski definition) is 1. The van der Waals surface area contributed by atoms with E-state index in [1.807, 2.05) is 4.90 Å². The largest absolute Gasteiger partial charge is 0.383 e. The molecule has 0 bridgehead atoms. The van der Waals surface area contributed by atoms with Crippen molar-refractivity contribution in [1.82, 2.24) is 19.8 Å². The van der Waals surface area contributed by atoms with Crippen LogP contribution in [0.2, 0.25) is 0 Å². The Balaban J connectivity index is 1.86. The lowest BCUT2D eigenvalue weighted by molar-refractivity contribution is -0.129. The number of ether oxygens (including phenoxy) is 1. The Morgan fingerprint density at radius 2 is 2.04 bits per heavy atom. The van der Waals surface area contributed by atoms with Gasteiger partial charge in [0.15, 0.2) is 0 Å². The first-order valence-corrected chi connectivity index (χ1v) is 9.15. The summed E-state index contributed by atoms with van der Waals surface area (Å²) >= 11 is 0. The summed E-state index contributed by atoms with van der Waals surface area (Å²) in [5, 5.41) is 3.40. The summed E-state index contributed by atoms with van der Waals surface area (Å²) in [6.45, 7) is 6.46. The minimum Gasteiger partial charge on any atom is -0.383 e. The third-order valence-electron chi connectivity index (χ3n) is 5.21. The second kappa shape index (κ2) is 8.10. The van der Waals surface area contributed by atoms with E-state index in [1.54, 1.807) is 14.0 Å². The van der Waals surface area contributed by atoms with Gasteiger partial charge in [0.1, 0.15) is 11.6 Å². The van der Waals surface area contributed by atoms with E-state index in [4.69, 9.17) is 14.7 Å². The number of nitrogens with zero attached hydrogens (tertiary/aromatic N) is 4. The lowest BCUT2D eigenvalue weighted by atomic mass is 9.95. The minimum atomic E-state index is 0.105. The quantitative estimate of drug-likeness (QED) is 0.809. The number of methoxy groups -OCH3 is 1. The molecular formula is C18H29N5O2. The molecule has 1 fully saturated rings. The normalized spacial score (nSPS) is 18.9. The number of likely N-dealkylation sites (tertiary alicyclic amines) is 1. The molecule has 2 aliphatic heterocycles. The van der Waals surface area contributed by atoms with Crippen LogP contribution in [0.4, 0.5) is 5.82 Å². The van der Waals surface area contributed by atoms with Crippen LogP contribution in [-0.2, 0) is 22.5 Å². The van der Waals surface area contributed by atoms with Crippen LogP contribution in [-0.4, -0.2) is 72.6 Å². The third kappa shape index (κ3) is 4.27. The summed E-state index contributed by atoms with van der Waals surface area (Å²) in [4.78, 5) is 25.8. The Kier molecular flexibility index (Phi) is 5.86. The highest BCUT2D eigenvalue weighted by atomic mass is 16.5. The maximum absolute atomic E-state index is 11.8. The van der Waals surface area contributed by atoms with Crippen LogP contribution in [0.3, 0.4) is 0 Å². The first kappa shape index (κ1) is 18.1. The molecule has 1 saturated heterocycles. The average Bonchev–Trinajstić information content (AvgIpc) is 2.62. The van der Waals surface area contributed by atoms with E-state index in [-0.39, 0.29) is 5.91 Å². The molecule has 1 aromatic rings. The van der Waals surface area contributed by atoms with Gasteiger partial charge in [-0.15, -0.1) is 0 Å². The van der Waals surface area contributed by atoms with Crippen molar-refractivity contribution in [2.45, 2.75) is 38.6 Å². The van der Waals surface area contributed by atoms with Crippen molar-refractivity contribution in [3.8, 4) is 0 Å². The molecule has 0 atom stereocenters. The van der Waals surface area contributed by atoms with Gasteiger partial charge in [-0.1, -0.05) is 0 Å². The van der Waals surface area contributed by atoms with Gasteiger partial charge in [0.2, 0.25) is 5.91 Å². The van der Waals surface area contributed by atoms with E-state index >= 15 is 0 Å². The van der Waals surface area contributed by atoms with E-state index in [0.717, 1.165) is 61.8 Å². The van der Waals surface area contributed by atoms with Crippen molar-refractivity contribution < 1.29 is 9.53 Å². The molecule has 7 heteroatoms. The zero-order valence-electron chi connectivity index (χ0n) is 15.5. The molecule has 2 aliphatic rings. The molecule has 3 heterocycles. The first-order valence-electron chi connectivity index (χ1n) is 9.15. The predicted octanol–water partition coefficient (Wildman–Crippen LogP) is 1.25. The smallest absolute Gasteiger partial charge is 0.219 e. The van der Waals surface area contributed by atoms with Gasteiger partial charge in [0.05, 0.1) is 18.8 Å². The van der Waals surface area contributed by atoms with Crippen molar-refractivity contribution in [2.24, 2.45) is 0 Å². The van der Waals surface area contributed by atoms with E-state index < -0.39 is 0 Å². The van der Waals surface area contributed by atoms with Crippen LogP contribution in [0.25, 0.3) is 0 Å². The van der Waals surface area contributed by atoms with E-state index in [9.17, 15) is 4.79 Å². The van der Waals surface area contributed by atoms with Crippen molar-refractivity contribution in [3.05, 3.63) is 17.1 Å². The fourth-order valence-electron chi connectivity index (χ4n) is 3.57. The van der Waals surface area contributed by atoms with Crippen molar-refractivity contribution in [1.29, 1.82) is 0 Å². The van der Waals surface area contributed by atoms with E-state index in [1.165, 1.54) is 0 Å². The molecule has 1 aromatic heterocycles. The van der Waals surface area contributed by atoms with Crippen molar-refractivity contribution >= 4 is 11.7 Å². The zero-order chi connectivity index (χ0) is 17.8. The molecule has 138 valence electrons. The molecular weight excluding hydrogens is 318 g/mol. The number of nitrogens with one attached hydrogen (secondary N) is 1. The topological polar surface area (TPSA) is 70.6 Å².